The molecule has 2 heterocycles. The van der Waals surface area contributed by atoms with Gasteiger partial charge in [0.05, 0.1) is 11.9 Å². The molecule has 0 aliphatic rings. The zero-order valence-corrected chi connectivity index (χ0v) is 12.1. The molecule has 0 aliphatic carbocycles. The summed E-state index contributed by atoms with van der Waals surface area (Å²) < 4.78 is 1.98. The van der Waals surface area contributed by atoms with E-state index in [1.165, 1.54) is 11.3 Å². The average molecular weight is 309 g/mol. The maximum Gasteiger partial charge on any atom is 0.263 e. The number of aromatic nitrogens is 2. The summed E-state index contributed by atoms with van der Waals surface area (Å²) in [5.41, 5.74) is 0.878. The van der Waals surface area contributed by atoms with Crippen molar-refractivity contribution in [2.24, 2.45) is 0 Å². The van der Waals surface area contributed by atoms with Crippen molar-refractivity contribution < 1.29 is 0 Å². The predicted octanol–water partition coefficient (Wildman–Crippen LogP) is 3.82. The van der Waals surface area contributed by atoms with Gasteiger partial charge in [-0.25, -0.2) is 0 Å². The second kappa shape index (κ2) is 4.92. The largest absolute Gasteiger partial charge is 0.323 e. The Bertz CT molecular complexity index is 863. The summed E-state index contributed by atoms with van der Waals surface area (Å²) in [4.78, 5) is 16.2. The Hall–Kier alpha value is -1.43. The lowest BCUT2D eigenvalue weighted by Gasteiger charge is -2.06. The maximum atomic E-state index is 12.3. The number of nitrogens with zero attached hydrogens (tertiary/aromatic N) is 1. The highest BCUT2D eigenvalue weighted by molar-refractivity contribution is 7.71. The molecule has 0 unspecified atom stereocenters. The van der Waals surface area contributed by atoms with E-state index in [4.69, 9.17) is 23.8 Å². The molecule has 0 aliphatic heterocycles. The van der Waals surface area contributed by atoms with Gasteiger partial charge >= 0.3 is 0 Å². The first-order valence-corrected chi connectivity index (χ1v) is 7.26. The highest BCUT2D eigenvalue weighted by Crippen LogP contribution is 2.15. The molecule has 0 radical (unpaired) electrons. The van der Waals surface area contributed by atoms with Crippen LogP contribution >= 0.6 is 35.2 Å². The first-order valence-electron chi connectivity index (χ1n) is 5.60. The highest BCUT2D eigenvalue weighted by Gasteiger charge is 2.07. The molecule has 3 rings (SSSR count). The lowest BCUT2D eigenvalue weighted by molar-refractivity contribution is 0.735. The van der Waals surface area contributed by atoms with Gasteiger partial charge in [-0.05, 0) is 41.4 Å². The van der Waals surface area contributed by atoms with Gasteiger partial charge in [-0.1, -0.05) is 23.7 Å². The van der Waals surface area contributed by atoms with Crippen molar-refractivity contribution in [2.45, 2.75) is 6.54 Å². The monoisotopic (exact) mass is 308 g/mol. The Labute approximate surface area is 123 Å². The number of thiophene rings is 1. The van der Waals surface area contributed by atoms with Crippen LogP contribution < -0.4 is 5.56 Å². The Morgan fingerprint density at radius 1 is 1.37 bits per heavy atom. The number of hydrogen-bond acceptors (Lipinski definition) is 3. The van der Waals surface area contributed by atoms with Crippen LogP contribution in [0.15, 0.2) is 40.5 Å². The van der Waals surface area contributed by atoms with Gasteiger partial charge in [-0.3, -0.25) is 9.36 Å². The third-order valence-electron chi connectivity index (χ3n) is 2.84. The van der Waals surface area contributed by atoms with Crippen LogP contribution in [0.5, 0.6) is 0 Å². The second-order valence-electron chi connectivity index (χ2n) is 4.11. The van der Waals surface area contributed by atoms with E-state index in [9.17, 15) is 4.79 Å². The van der Waals surface area contributed by atoms with Crippen LogP contribution in [0.2, 0.25) is 5.02 Å². The van der Waals surface area contributed by atoms with Gasteiger partial charge in [-0.15, -0.1) is 11.3 Å². The Morgan fingerprint density at radius 2 is 2.21 bits per heavy atom. The second-order valence-corrected chi connectivity index (χ2v) is 5.85. The topological polar surface area (TPSA) is 37.8 Å². The number of benzene rings is 1. The van der Waals surface area contributed by atoms with E-state index in [0.717, 1.165) is 10.4 Å². The number of H-pyrrole nitrogens is 1. The zero-order chi connectivity index (χ0) is 13.4. The molecule has 0 amide bonds. The summed E-state index contributed by atoms with van der Waals surface area (Å²) in [5.74, 6) is 0. The zero-order valence-electron chi connectivity index (χ0n) is 9.72. The SMILES string of the molecule is O=c1c2ccsc2[nH]c(=S)n1Cc1cccc(Cl)c1. The lowest BCUT2D eigenvalue weighted by atomic mass is 10.2. The molecule has 0 saturated carbocycles. The quantitative estimate of drug-likeness (QED) is 0.731. The fraction of sp³-hybridized carbons (Fsp3) is 0.0769. The fourth-order valence-electron chi connectivity index (χ4n) is 1.94. The van der Waals surface area contributed by atoms with E-state index in [2.05, 4.69) is 4.98 Å². The van der Waals surface area contributed by atoms with Crippen molar-refractivity contribution in [1.82, 2.24) is 9.55 Å². The van der Waals surface area contributed by atoms with E-state index < -0.39 is 0 Å². The van der Waals surface area contributed by atoms with Crippen LogP contribution in [0.4, 0.5) is 0 Å². The predicted molar refractivity (Wildman–Crippen MR) is 81.8 cm³/mol. The number of rotatable bonds is 2. The van der Waals surface area contributed by atoms with Gasteiger partial charge < -0.3 is 4.98 Å². The standard InChI is InChI=1S/C13H9ClN2OS2/c14-9-3-1-2-8(6-9)7-16-12(17)10-4-5-19-11(10)15-13(16)18/h1-6H,7H2,(H,15,18). The Balaban J connectivity index is 2.15. The van der Waals surface area contributed by atoms with Gasteiger partial charge in [0, 0.05) is 5.02 Å². The van der Waals surface area contributed by atoms with Crippen molar-refractivity contribution >= 4 is 45.4 Å². The van der Waals surface area contributed by atoms with Crippen molar-refractivity contribution in [3.8, 4) is 0 Å². The molecular formula is C13H9ClN2OS2. The molecule has 0 atom stereocenters. The molecular weight excluding hydrogens is 300 g/mol. The minimum Gasteiger partial charge on any atom is -0.323 e. The van der Waals surface area contributed by atoms with Crippen molar-refractivity contribution in [2.75, 3.05) is 0 Å². The summed E-state index contributed by atoms with van der Waals surface area (Å²) in [5, 5.41) is 3.19. The van der Waals surface area contributed by atoms with Crippen molar-refractivity contribution in [3.05, 3.63) is 61.4 Å². The fourth-order valence-corrected chi connectivity index (χ4v) is 3.24. The van der Waals surface area contributed by atoms with Crippen molar-refractivity contribution in [1.29, 1.82) is 0 Å². The van der Waals surface area contributed by atoms with Gasteiger partial charge in [0.2, 0.25) is 0 Å². The maximum absolute atomic E-state index is 12.3. The van der Waals surface area contributed by atoms with Crippen LogP contribution in [0.1, 0.15) is 5.56 Å². The highest BCUT2D eigenvalue weighted by atomic mass is 35.5. The van der Waals surface area contributed by atoms with E-state index in [1.54, 1.807) is 10.6 Å². The van der Waals surface area contributed by atoms with E-state index in [-0.39, 0.29) is 5.56 Å². The molecule has 1 N–H and O–H groups in total. The van der Waals surface area contributed by atoms with Gasteiger partial charge in [-0.2, -0.15) is 0 Å². The van der Waals surface area contributed by atoms with Gasteiger partial charge in [0.25, 0.3) is 5.56 Å². The molecule has 1 aromatic carbocycles. The minimum absolute atomic E-state index is 0.0695. The molecule has 3 nitrogen and oxygen atoms in total. The molecule has 2 aromatic heterocycles. The van der Waals surface area contributed by atoms with Crippen molar-refractivity contribution in [3.63, 3.8) is 0 Å². The van der Waals surface area contributed by atoms with Crippen LogP contribution in [0, 0.1) is 4.77 Å². The molecule has 0 spiro atoms. The molecule has 3 aromatic rings. The molecule has 0 saturated heterocycles. The van der Waals surface area contributed by atoms with E-state index in [0.29, 0.717) is 21.7 Å². The van der Waals surface area contributed by atoms with E-state index >= 15 is 0 Å². The van der Waals surface area contributed by atoms with Crippen LogP contribution in [-0.4, -0.2) is 9.55 Å². The third-order valence-corrected chi connectivity index (χ3v) is 4.22. The molecule has 6 heteroatoms. The summed E-state index contributed by atoms with van der Waals surface area (Å²) in [6.45, 7) is 0.417. The van der Waals surface area contributed by atoms with Crippen LogP contribution in [0.3, 0.4) is 0 Å². The Kier molecular flexibility index (Phi) is 3.26. The van der Waals surface area contributed by atoms with Gasteiger partial charge in [0.15, 0.2) is 4.77 Å². The number of halogens is 1. The number of aromatic amines is 1. The summed E-state index contributed by atoms with van der Waals surface area (Å²) >= 11 is 12.7. The normalized spacial score (nSPS) is 11.0. The first-order chi connectivity index (χ1) is 9.15. The van der Waals surface area contributed by atoms with Gasteiger partial charge in [0.1, 0.15) is 4.83 Å². The van der Waals surface area contributed by atoms with Crippen LogP contribution in [0.25, 0.3) is 10.2 Å². The summed E-state index contributed by atoms with van der Waals surface area (Å²) in [6, 6.07) is 9.22. The Morgan fingerprint density at radius 3 is 3.00 bits per heavy atom. The third kappa shape index (κ3) is 2.36. The smallest absolute Gasteiger partial charge is 0.263 e. The summed E-state index contributed by atoms with van der Waals surface area (Å²) in [6.07, 6.45) is 0. The number of nitrogens with one attached hydrogen (secondary N) is 1. The number of hydrogen-bond donors (Lipinski definition) is 1. The molecule has 19 heavy (non-hydrogen) atoms. The minimum atomic E-state index is -0.0695. The lowest BCUT2D eigenvalue weighted by Crippen LogP contribution is -2.22. The molecule has 0 bridgehead atoms. The molecule has 96 valence electrons. The van der Waals surface area contributed by atoms with E-state index in [1.807, 2.05) is 29.6 Å². The summed E-state index contributed by atoms with van der Waals surface area (Å²) in [7, 11) is 0. The number of fused-ring (bicyclic) bond motifs is 1. The molecule has 0 fully saturated rings. The van der Waals surface area contributed by atoms with Crippen LogP contribution in [-0.2, 0) is 6.54 Å². The average Bonchev–Trinajstić information content (AvgIpc) is 2.83. The first kappa shape index (κ1) is 12.6.